The topological polar surface area (TPSA) is 90.9 Å². The number of amides is 2. The van der Waals surface area contributed by atoms with Crippen LogP contribution in [0.15, 0.2) is 18.2 Å². The van der Waals surface area contributed by atoms with Gasteiger partial charge in [0, 0.05) is 30.9 Å². The maximum Gasteiger partial charge on any atom is 0.321 e. The number of nitrogens with zero attached hydrogens (tertiary/aromatic N) is 1. The van der Waals surface area contributed by atoms with Crippen LogP contribution in [0.5, 0.6) is 5.75 Å². The molecule has 1 aromatic carbocycles. The van der Waals surface area contributed by atoms with Crippen molar-refractivity contribution in [1.82, 2.24) is 10.2 Å². The van der Waals surface area contributed by atoms with E-state index in [1.165, 1.54) is 6.92 Å². The van der Waals surface area contributed by atoms with Crippen LogP contribution in [0.3, 0.4) is 0 Å². The molecule has 28 heavy (non-hydrogen) atoms. The number of hydrogen-bond donors (Lipinski definition) is 3. The number of benzene rings is 1. The normalized spacial score (nSPS) is 12.0. The minimum Gasteiger partial charge on any atom is -0.490 e. The highest BCUT2D eigenvalue weighted by atomic mass is 35.5. The number of ketones is 1. The van der Waals surface area contributed by atoms with Gasteiger partial charge in [0.05, 0.1) is 5.56 Å². The van der Waals surface area contributed by atoms with Crippen molar-refractivity contribution >= 4 is 29.9 Å². The van der Waals surface area contributed by atoms with Crippen LogP contribution in [0.25, 0.3) is 0 Å². The molecule has 0 unspecified atom stereocenters. The van der Waals surface area contributed by atoms with Gasteiger partial charge in [-0.25, -0.2) is 4.79 Å². The average Bonchev–Trinajstić information content (AvgIpc) is 2.59. The van der Waals surface area contributed by atoms with E-state index >= 15 is 0 Å². The Morgan fingerprint density at radius 1 is 1.21 bits per heavy atom. The first-order valence-corrected chi connectivity index (χ1v) is 9.34. The lowest BCUT2D eigenvalue weighted by atomic mass is 10.1. The first-order valence-electron chi connectivity index (χ1n) is 9.34. The van der Waals surface area contributed by atoms with Gasteiger partial charge < -0.3 is 25.4 Å². The highest BCUT2D eigenvalue weighted by Crippen LogP contribution is 2.24. The van der Waals surface area contributed by atoms with Gasteiger partial charge in [-0.3, -0.25) is 4.79 Å². The minimum atomic E-state index is -0.703. The Kier molecular flexibility index (Phi) is 11.1. The second-order valence-electron chi connectivity index (χ2n) is 7.47. The summed E-state index contributed by atoms with van der Waals surface area (Å²) in [4.78, 5) is 25.8. The van der Waals surface area contributed by atoms with Gasteiger partial charge in [0.15, 0.2) is 5.78 Å². The Labute approximate surface area is 174 Å². The van der Waals surface area contributed by atoms with Crippen molar-refractivity contribution in [2.45, 2.75) is 53.2 Å². The van der Waals surface area contributed by atoms with Gasteiger partial charge in [0.25, 0.3) is 0 Å². The average molecular weight is 416 g/mol. The van der Waals surface area contributed by atoms with E-state index in [4.69, 9.17) is 4.74 Å². The monoisotopic (exact) mass is 415 g/mol. The van der Waals surface area contributed by atoms with Crippen molar-refractivity contribution in [3.8, 4) is 5.75 Å². The van der Waals surface area contributed by atoms with Crippen LogP contribution in [0.2, 0.25) is 0 Å². The number of halogens is 1. The number of anilines is 1. The molecule has 0 heterocycles. The molecule has 2 amide bonds. The van der Waals surface area contributed by atoms with Crippen LogP contribution >= 0.6 is 12.4 Å². The number of β-amino-alcohol motifs (C(OH)–C–C–N with tert-alkyl or cyclic N) is 1. The lowest BCUT2D eigenvalue weighted by Crippen LogP contribution is -2.42. The zero-order valence-corrected chi connectivity index (χ0v) is 18.5. The van der Waals surface area contributed by atoms with Crippen LogP contribution in [0.1, 0.15) is 51.9 Å². The van der Waals surface area contributed by atoms with E-state index in [2.05, 4.69) is 10.6 Å². The molecule has 8 heteroatoms. The Morgan fingerprint density at radius 2 is 1.82 bits per heavy atom. The molecule has 0 saturated heterocycles. The summed E-state index contributed by atoms with van der Waals surface area (Å²) in [7, 11) is 0. The fraction of sp³-hybridized carbons (Fsp3) is 0.600. The largest absolute Gasteiger partial charge is 0.490 e. The molecule has 0 aromatic heterocycles. The molecule has 1 rings (SSSR count). The van der Waals surface area contributed by atoms with E-state index in [1.807, 2.05) is 34.6 Å². The minimum absolute atomic E-state index is 0. The lowest BCUT2D eigenvalue weighted by molar-refractivity contribution is 0.0950. The summed E-state index contributed by atoms with van der Waals surface area (Å²) in [6.45, 7) is 12.9. The second-order valence-corrected chi connectivity index (χ2v) is 7.47. The Morgan fingerprint density at radius 3 is 2.32 bits per heavy atom. The van der Waals surface area contributed by atoms with E-state index in [-0.39, 0.29) is 36.4 Å². The number of rotatable bonds is 9. The van der Waals surface area contributed by atoms with Gasteiger partial charge in [-0.15, -0.1) is 12.4 Å². The van der Waals surface area contributed by atoms with E-state index in [1.54, 1.807) is 23.1 Å². The van der Waals surface area contributed by atoms with Crippen LogP contribution in [-0.4, -0.2) is 59.7 Å². The Balaban J connectivity index is 0.00000729. The Bertz CT molecular complexity index is 643. The summed E-state index contributed by atoms with van der Waals surface area (Å²) in [5.41, 5.74) is 0.790. The van der Waals surface area contributed by atoms with Gasteiger partial charge in [-0.1, -0.05) is 0 Å². The number of hydrogen-bond acceptors (Lipinski definition) is 5. The van der Waals surface area contributed by atoms with Crippen LogP contribution in [-0.2, 0) is 0 Å². The van der Waals surface area contributed by atoms with Crippen LogP contribution in [0, 0.1) is 0 Å². The molecule has 0 aliphatic carbocycles. The third-order valence-corrected chi connectivity index (χ3v) is 3.96. The van der Waals surface area contributed by atoms with Crippen molar-refractivity contribution in [3.63, 3.8) is 0 Å². The van der Waals surface area contributed by atoms with E-state index < -0.39 is 6.10 Å². The summed E-state index contributed by atoms with van der Waals surface area (Å²) >= 11 is 0. The molecular weight excluding hydrogens is 382 g/mol. The number of urea groups is 1. The van der Waals surface area contributed by atoms with Crippen LogP contribution < -0.4 is 15.4 Å². The highest BCUT2D eigenvalue weighted by molar-refractivity contribution is 5.99. The van der Waals surface area contributed by atoms with Gasteiger partial charge in [0.1, 0.15) is 18.5 Å². The molecule has 0 aliphatic rings. The van der Waals surface area contributed by atoms with Crippen molar-refractivity contribution < 1.29 is 19.4 Å². The van der Waals surface area contributed by atoms with E-state index in [0.29, 0.717) is 36.6 Å². The third kappa shape index (κ3) is 8.91. The lowest BCUT2D eigenvalue weighted by Gasteiger charge is -2.23. The van der Waals surface area contributed by atoms with Crippen molar-refractivity contribution in [2.24, 2.45) is 0 Å². The smallest absolute Gasteiger partial charge is 0.321 e. The predicted octanol–water partition coefficient (Wildman–Crippen LogP) is 3.31. The fourth-order valence-corrected chi connectivity index (χ4v) is 2.39. The first-order chi connectivity index (χ1) is 12.6. The van der Waals surface area contributed by atoms with E-state index in [9.17, 15) is 14.7 Å². The van der Waals surface area contributed by atoms with Crippen molar-refractivity contribution in [2.75, 3.05) is 31.6 Å². The standard InChI is InChI=1S/C20H33N3O4.ClH/c1-7-23(8-2)19(26)22-15-9-10-18(17(11-15)14(3)24)27-13-16(25)12-21-20(4,5)6;/h9-11,16,21,25H,7-8,12-13H2,1-6H3,(H,22,26);1H/t16-;/m0./s1. The molecule has 0 fully saturated rings. The maximum atomic E-state index is 12.2. The van der Waals surface area contributed by atoms with E-state index in [0.717, 1.165) is 0 Å². The number of Topliss-reactive ketones (excluding diaryl/α,β-unsaturated/α-hetero) is 1. The summed E-state index contributed by atoms with van der Waals surface area (Å²) in [6, 6.07) is 4.70. The molecule has 7 nitrogen and oxygen atoms in total. The number of ether oxygens (including phenoxy) is 1. The molecular formula is C20H34ClN3O4. The zero-order chi connectivity index (χ0) is 20.6. The summed E-state index contributed by atoms with van der Waals surface area (Å²) in [5, 5.41) is 16.0. The van der Waals surface area contributed by atoms with Crippen molar-refractivity contribution in [1.29, 1.82) is 0 Å². The number of aliphatic hydroxyl groups is 1. The molecule has 0 spiro atoms. The highest BCUT2D eigenvalue weighted by Gasteiger charge is 2.16. The number of nitrogens with one attached hydrogen (secondary N) is 2. The number of carbonyl (C=O) groups is 2. The molecule has 160 valence electrons. The molecule has 0 saturated carbocycles. The third-order valence-electron chi connectivity index (χ3n) is 3.96. The second kappa shape index (κ2) is 11.9. The predicted molar refractivity (Wildman–Crippen MR) is 115 cm³/mol. The molecule has 0 bridgehead atoms. The molecule has 1 atom stereocenters. The molecule has 3 N–H and O–H groups in total. The summed E-state index contributed by atoms with van der Waals surface area (Å²) in [5.74, 6) is 0.212. The van der Waals surface area contributed by atoms with Gasteiger partial charge in [-0.2, -0.15) is 0 Å². The number of carbonyl (C=O) groups excluding carboxylic acids is 2. The van der Waals surface area contributed by atoms with Gasteiger partial charge >= 0.3 is 6.03 Å². The Hall–Kier alpha value is -1.83. The summed E-state index contributed by atoms with van der Waals surface area (Å²) < 4.78 is 5.64. The summed E-state index contributed by atoms with van der Waals surface area (Å²) in [6.07, 6.45) is -0.703. The number of aliphatic hydroxyl groups excluding tert-OH is 1. The molecule has 0 radical (unpaired) electrons. The molecule has 0 aliphatic heterocycles. The van der Waals surface area contributed by atoms with Crippen LogP contribution in [0.4, 0.5) is 10.5 Å². The van der Waals surface area contributed by atoms with Crippen molar-refractivity contribution in [3.05, 3.63) is 23.8 Å². The zero-order valence-electron chi connectivity index (χ0n) is 17.7. The first kappa shape index (κ1) is 26.2. The molecule has 1 aromatic rings. The maximum absolute atomic E-state index is 12.2. The van der Waals surface area contributed by atoms with Gasteiger partial charge in [0.2, 0.25) is 0 Å². The SMILES string of the molecule is CCN(CC)C(=O)Nc1ccc(OC[C@@H](O)CNC(C)(C)C)c(C(C)=O)c1.Cl. The fourth-order valence-electron chi connectivity index (χ4n) is 2.39. The van der Waals surface area contributed by atoms with Gasteiger partial charge in [-0.05, 0) is 59.7 Å². The quantitative estimate of drug-likeness (QED) is 0.538.